The molecule has 1 saturated carbocycles. The zero-order valence-corrected chi connectivity index (χ0v) is 26.8. The van der Waals surface area contributed by atoms with E-state index in [-0.39, 0.29) is 5.91 Å². The molecule has 0 bridgehead atoms. The van der Waals surface area contributed by atoms with Gasteiger partial charge in [0.1, 0.15) is 17.9 Å². The zero-order valence-electron chi connectivity index (χ0n) is 26.8. The Kier molecular flexibility index (Phi) is 10.3. The van der Waals surface area contributed by atoms with Gasteiger partial charge in [-0.25, -0.2) is 9.97 Å². The number of rotatable bonds is 11. The number of hydrogen-bond acceptors (Lipinski definition) is 10. The molecule has 1 aliphatic heterocycles. The molecule has 4 N–H and O–H groups in total. The number of hydrogen-bond donors (Lipinski definition) is 4. The van der Waals surface area contributed by atoms with Gasteiger partial charge in [-0.2, -0.15) is 0 Å². The van der Waals surface area contributed by atoms with Gasteiger partial charge < -0.3 is 35.9 Å². The van der Waals surface area contributed by atoms with Crippen LogP contribution in [0.5, 0.6) is 5.75 Å². The molecule has 2 fully saturated rings. The molecule has 2 aliphatic rings. The maximum absolute atomic E-state index is 12.5. The number of aromatic nitrogens is 2. The smallest absolute Gasteiger partial charge is 0.247 e. The number of ether oxygens (including phenoxy) is 1. The lowest BCUT2D eigenvalue weighted by Gasteiger charge is -2.43. The Bertz CT molecular complexity index is 1510. The molecule has 3 aromatic rings. The predicted octanol–water partition coefficient (Wildman–Crippen LogP) is 5.05. The molecule has 1 aromatic heterocycles. The highest BCUT2D eigenvalue weighted by Crippen LogP contribution is 2.40. The van der Waals surface area contributed by atoms with Crippen molar-refractivity contribution in [2.75, 3.05) is 75.3 Å². The fourth-order valence-electron chi connectivity index (χ4n) is 6.40. The third kappa shape index (κ3) is 7.43. The Morgan fingerprint density at radius 2 is 1.80 bits per heavy atom. The summed E-state index contributed by atoms with van der Waals surface area (Å²) < 4.78 is 5.85. The number of likely N-dealkylation sites (N-methyl/N-ethyl adjacent to an activating group) is 1. The van der Waals surface area contributed by atoms with Gasteiger partial charge in [-0.15, -0.1) is 0 Å². The number of benzene rings is 2. The predicted molar refractivity (Wildman–Crippen MR) is 184 cm³/mol. The van der Waals surface area contributed by atoms with E-state index >= 15 is 0 Å². The number of amides is 1. The molecule has 0 unspecified atom stereocenters. The number of carbonyl (C=O) groups excluding carboxylic acids is 1. The van der Waals surface area contributed by atoms with Gasteiger partial charge in [0.05, 0.1) is 29.9 Å². The average molecular weight is 612 g/mol. The van der Waals surface area contributed by atoms with Crippen molar-refractivity contribution in [3.8, 4) is 17.0 Å². The normalized spacial score (nSPS) is 18.9. The summed E-state index contributed by atoms with van der Waals surface area (Å²) >= 11 is 0. The maximum atomic E-state index is 12.5. The molecule has 2 aromatic carbocycles. The SMILES string of the molecule is C=CC(=O)Nc1cc(Nc2cc(-c3ccc(NC)c(C=N)c3)ncn2)c(OC)cc1N(C)C1CCC(N2CCN(C)CC2)CC1. The number of nitrogens with one attached hydrogen (secondary N) is 4. The molecule has 1 saturated heterocycles. The van der Waals surface area contributed by atoms with Crippen LogP contribution in [0.4, 0.5) is 28.6 Å². The summed E-state index contributed by atoms with van der Waals surface area (Å²) in [6.07, 6.45) is 8.60. The van der Waals surface area contributed by atoms with Crippen molar-refractivity contribution in [1.82, 2.24) is 19.8 Å². The summed E-state index contributed by atoms with van der Waals surface area (Å²) in [6, 6.07) is 12.5. The molecular weight excluding hydrogens is 566 g/mol. The summed E-state index contributed by atoms with van der Waals surface area (Å²) in [5.41, 5.74) is 5.42. The van der Waals surface area contributed by atoms with E-state index in [0.29, 0.717) is 40.7 Å². The Morgan fingerprint density at radius 1 is 1.04 bits per heavy atom. The Balaban J connectivity index is 1.38. The van der Waals surface area contributed by atoms with E-state index in [4.69, 9.17) is 10.1 Å². The Labute approximate surface area is 266 Å². The van der Waals surface area contributed by atoms with E-state index in [0.717, 1.165) is 61.5 Å². The third-order valence-corrected chi connectivity index (χ3v) is 9.11. The molecule has 5 rings (SSSR count). The van der Waals surface area contributed by atoms with Gasteiger partial charge in [-0.05, 0) is 57.0 Å². The number of carbonyl (C=O) groups is 1. The van der Waals surface area contributed by atoms with Crippen LogP contribution in [0.3, 0.4) is 0 Å². The largest absolute Gasteiger partial charge is 0.494 e. The van der Waals surface area contributed by atoms with Crippen LogP contribution in [0.15, 0.2) is 55.4 Å². The first-order valence-corrected chi connectivity index (χ1v) is 15.6. The molecule has 1 amide bonds. The van der Waals surface area contributed by atoms with Crippen molar-refractivity contribution >= 4 is 40.7 Å². The van der Waals surface area contributed by atoms with Crippen LogP contribution in [0.25, 0.3) is 11.3 Å². The quantitative estimate of drug-likeness (QED) is 0.174. The van der Waals surface area contributed by atoms with Gasteiger partial charge in [0.15, 0.2) is 0 Å². The standard InChI is InChI=1S/C34H45N9O2/c1-6-34(44)40-29-18-30(39-33-19-28(37-22-38-33)23-7-12-27(36-2)24(17-23)21-35)32(45-5)20-31(29)42(4)25-8-10-26(11-9-25)43-15-13-41(3)14-16-43/h6-7,12,17-22,25-26,35-36H,1,8-11,13-16H2,2-5H3,(H,40,44)(H,37,38,39). The van der Waals surface area contributed by atoms with E-state index in [1.807, 2.05) is 43.4 Å². The first kappa shape index (κ1) is 31.9. The van der Waals surface area contributed by atoms with Crippen LogP contribution in [0.2, 0.25) is 0 Å². The lowest BCUT2D eigenvalue weighted by molar-refractivity contribution is -0.111. The first-order valence-electron chi connectivity index (χ1n) is 15.6. The van der Waals surface area contributed by atoms with Crippen LogP contribution in [-0.2, 0) is 4.79 Å². The average Bonchev–Trinajstić information content (AvgIpc) is 3.08. The molecule has 1 aliphatic carbocycles. The lowest BCUT2D eigenvalue weighted by atomic mass is 9.88. The molecule has 0 spiro atoms. The van der Waals surface area contributed by atoms with Crippen LogP contribution in [-0.4, -0.2) is 98.4 Å². The highest BCUT2D eigenvalue weighted by Gasteiger charge is 2.30. The third-order valence-electron chi connectivity index (χ3n) is 9.11. The van der Waals surface area contributed by atoms with Crippen molar-refractivity contribution in [3.05, 3.63) is 60.9 Å². The van der Waals surface area contributed by atoms with E-state index in [1.165, 1.54) is 31.5 Å². The van der Waals surface area contributed by atoms with Crippen LogP contribution in [0, 0.1) is 5.41 Å². The molecule has 11 nitrogen and oxygen atoms in total. The minimum absolute atomic E-state index is 0.282. The molecule has 11 heteroatoms. The monoisotopic (exact) mass is 611 g/mol. The second-order valence-electron chi connectivity index (χ2n) is 11.8. The van der Waals surface area contributed by atoms with Crippen molar-refractivity contribution in [2.24, 2.45) is 0 Å². The van der Waals surface area contributed by atoms with Gasteiger partial charge >= 0.3 is 0 Å². The highest BCUT2D eigenvalue weighted by atomic mass is 16.5. The summed E-state index contributed by atoms with van der Waals surface area (Å²) in [5.74, 6) is 0.914. The Hall–Kier alpha value is -4.48. The van der Waals surface area contributed by atoms with Gasteiger partial charge in [-0.1, -0.05) is 12.6 Å². The summed E-state index contributed by atoms with van der Waals surface area (Å²) in [4.78, 5) is 28.8. The van der Waals surface area contributed by atoms with Gasteiger partial charge in [-0.3, -0.25) is 9.69 Å². The van der Waals surface area contributed by atoms with Crippen LogP contribution in [0.1, 0.15) is 31.2 Å². The molecule has 45 heavy (non-hydrogen) atoms. The van der Waals surface area contributed by atoms with E-state index in [2.05, 4.69) is 61.3 Å². The number of nitrogens with zero attached hydrogens (tertiary/aromatic N) is 5. The van der Waals surface area contributed by atoms with Crippen molar-refractivity contribution in [1.29, 1.82) is 5.41 Å². The molecule has 2 heterocycles. The van der Waals surface area contributed by atoms with E-state index < -0.39 is 0 Å². The maximum Gasteiger partial charge on any atom is 0.247 e. The van der Waals surface area contributed by atoms with Crippen molar-refractivity contribution in [3.63, 3.8) is 0 Å². The van der Waals surface area contributed by atoms with E-state index in [1.54, 1.807) is 7.11 Å². The number of methoxy groups -OCH3 is 1. The lowest BCUT2D eigenvalue weighted by Crippen LogP contribution is -2.51. The van der Waals surface area contributed by atoms with Crippen molar-refractivity contribution < 1.29 is 9.53 Å². The fourth-order valence-corrected chi connectivity index (χ4v) is 6.40. The minimum Gasteiger partial charge on any atom is -0.494 e. The van der Waals surface area contributed by atoms with Gasteiger partial charge in [0.25, 0.3) is 0 Å². The number of anilines is 5. The highest BCUT2D eigenvalue weighted by molar-refractivity contribution is 6.02. The minimum atomic E-state index is -0.282. The Morgan fingerprint density at radius 3 is 2.47 bits per heavy atom. The second-order valence-corrected chi connectivity index (χ2v) is 11.8. The summed E-state index contributed by atoms with van der Waals surface area (Å²) in [7, 11) is 7.77. The number of piperazine rings is 1. The molecule has 0 atom stereocenters. The fraction of sp³-hybridized carbons (Fsp3) is 0.412. The zero-order chi connectivity index (χ0) is 31.9. The summed E-state index contributed by atoms with van der Waals surface area (Å²) in [6.45, 7) is 8.22. The summed E-state index contributed by atoms with van der Waals surface area (Å²) in [5, 5.41) is 17.3. The van der Waals surface area contributed by atoms with Gasteiger partial charge in [0.2, 0.25) is 5.91 Å². The van der Waals surface area contributed by atoms with Gasteiger partial charge in [0, 0.05) is 87.5 Å². The van der Waals surface area contributed by atoms with E-state index in [9.17, 15) is 4.79 Å². The van der Waals surface area contributed by atoms with Crippen LogP contribution >= 0.6 is 0 Å². The molecular formula is C34H45N9O2. The molecule has 238 valence electrons. The van der Waals surface area contributed by atoms with Crippen molar-refractivity contribution in [2.45, 2.75) is 37.8 Å². The first-order chi connectivity index (χ1) is 21.8. The van der Waals surface area contributed by atoms with Crippen LogP contribution < -0.4 is 25.6 Å². The second kappa shape index (κ2) is 14.5. The molecule has 0 radical (unpaired) electrons. The topological polar surface area (TPSA) is 122 Å².